The van der Waals surface area contributed by atoms with E-state index in [2.05, 4.69) is 26.0 Å². The van der Waals surface area contributed by atoms with E-state index in [-0.39, 0.29) is 55.0 Å². The number of nitrogens with two attached hydrogens (primary N) is 1. The van der Waals surface area contributed by atoms with Crippen LogP contribution in [0.25, 0.3) is 10.4 Å². The van der Waals surface area contributed by atoms with E-state index in [1.54, 1.807) is 48.0 Å². The summed E-state index contributed by atoms with van der Waals surface area (Å²) in [7, 11) is 6.89. The Balaban J connectivity index is 1.88. The smallest absolute Gasteiger partial charge is 0.247 e. The molecular weight excluding hydrogens is 805 g/mol. The standard InChI is InChI=1S/C46H72N10O7/c1-12-30(6)41(55(10)46(61)39(28(2)3)52-45(60)40(29(4)5)54(8)9)37(62-11)26-38(57)56-24-16-19-36(56)42(63-27-49-53-48)31(7)43(58)51-35(25-32-17-14-13-15-18-32)44(59)50-34-22-20-33(47)21-23-34/h13-15,17-18,20-23,28-31,35-37,39-42H,12,16,19,24-27,47H2,1-11H3,(H,50,59)(H,51,58)(H,52,60)/t30-,31+,35-,36-,37+,39-,40-,41-,42+/m0/s1. The van der Waals surface area contributed by atoms with Crippen LogP contribution in [-0.2, 0) is 39.9 Å². The Bertz CT molecular complexity index is 1830. The summed E-state index contributed by atoms with van der Waals surface area (Å²) in [6.45, 7) is 13.4. The normalized spacial score (nSPS) is 17.7. The van der Waals surface area contributed by atoms with Crippen LogP contribution in [0.3, 0.4) is 0 Å². The van der Waals surface area contributed by atoms with Crippen LogP contribution in [0.1, 0.15) is 79.7 Å². The van der Waals surface area contributed by atoms with Crippen LogP contribution in [0.4, 0.5) is 11.4 Å². The third kappa shape index (κ3) is 14.7. The lowest BCUT2D eigenvalue weighted by Crippen LogP contribution is -2.59. The lowest BCUT2D eigenvalue weighted by atomic mass is 9.89. The molecule has 0 radical (unpaired) electrons. The fourth-order valence-corrected chi connectivity index (χ4v) is 8.61. The number of amides is 5. The summed E-state index contributed by atoms with van der Waals surface area (Å²) in [5, 5.41) is 12.4. The van der Waals surface area contributed by atoms with E-state index >= 15 is 0 Å². The number of ether oxygens (including phenoxy) is 2. The Morgan fingerprint density at radius 3 is 2.13 bits per heavy atom. The van der Waals surface area contributed by atoms with Crippen molar-refractivity contribution in [1.29, 1.82) is 0 Å². The molecule has 1 heterocycles. The van der Waals surface area contributed by atoms with Crippen LogP contribution in [0.5, 0.6) is 0 Å². The first-order valence-corrected chi connectivity index (χ1v) is 22.0. The number of anilines is 2. The minimum atomic E-state index is -0.980. The molecule has 2 aromatic rings. The van der Waals surface area contributed by atoms with Gasteiger partial charge >= 0.3 is 0 Å². The van der Waals surface area contributed by atoms with Crippen molar-refractivity contribution >= 4 is 40.9 Å². The first kappa shape index (κ1) is 52.1. The zero-order valence-corrected chi connectivity index (χ0v) is 39.1. The second-order valence-electron chi connectivity index (χ2n) is 17.6. The number of hydrogen-bond acceptors (Lipinski definition) is 10. The lowest BCUT2D eigenvalue weighted by Gasteiger charge is -2.41. The molecule has 63 heavy (non-hydrogen) atoms. The molecule has 5 N–H and O–H groups in total. The summed E-state index contributed by atoms with van der Waals surface area (Å²) in [5.74, 6) is -2.90. The average molecular weight is 877 g/mol. The van der Waals surface area contributed by atoms with Crippen molar-refractivity contribution in [1.82, 2.24) is 25.3 Å². The van der Waals surface area contributed by atoms with Gasteiger partial charge < -0.3 is 41.0 Å². The van der Waals surface area contributed by atoms with Gasteiger partial charge in [-0.05, 0) is 80.1 Å². The van der Waals surface area contributed by atoms with Crippen molar-refractivity contribution in [2.45, 2.75) is 123 Å². The molecule has 17 nitrogen and oxygen atoms in total. The SMILES string of the molecule is CC[C@H](C)[C@@H]([C@@H](CC(=O)N1CCC[C@H]1[C@H](OCN=[N+]=[N-])[C@@H](C)C(=O)N[C@@H](Cc1ccccc1)C(=O)Nc1ccc(N)cc1)OC)N(C)C(=O)[C@@H](NC(=O)[C@H](C(C)C)N(C)C)C(C)C. The molecule has 9 atom stereocenters. The van der Waals surface area contributed by atoms with E-state index in [0.717, 1.165) is 5.56 Å². The number of carbonyl (C=O) groups excluding carboxylic acids is 5. The zero-order valence-electron chi connectivity index (χ0n) is 39.1. The quantitative estimate of drug-likeness (QED) is 0.0469. The molecule has 0 saturated carbocycles. The highest BCUT2D eigenvalue weighted by atomic mass is 16.5. The van der Waals surface area contributed by atoms with E-state index < -0.39 is 60.1 Å². The predicted octanol–water partition coefficient (Wildman–Crippen LogP) is 5.22. The molecule has 1 saturated heterocycles. The molecule has 17 heteroatoms. The zero-order chi connectivity index (χ0) is 47.0. The highest BCUT2D eigenvalue weighted by molar-refractivity contribution is 5.98. The maximum Gasteiger partial charge on any atom is 0.247 e. The molecule has 348 valence electrons. The highest BCUT2D eigenvalue weighted by Crippen LogP contribution is 2.30. The van der Waals surface area contributed by atoms with Crippen molar-refractivity contribution in [2.75, 3.05) is 52.6 Å². The molecule has 5 amide bonds. The molecule has 1 aliphatic heterocycles. The van der Waals surface area contributed by atoms with Crippen molar-refractivity contribution < 1.29 is 33.4 Å². The van der Waals surface area contributed by atoms with Gasteiger partial charge in [-0.15, -0.1) is 0 Å². The average Bonchev–Trinajstić information content (AvgIpc) is 3.73. The third-order valence-electron chi connectivity index (χ3n) is 12.2. The van der Waals surface area contributed by atoms with Gasteiger partial charge in [0.15, 0.2) is 0 Å². The predicted molar refractivity (Wildman–Crippen MR) is 245 cm³/mol. The molecule has 0 spiro atoms. The van der Waals surface area contributed by atoms with Crippen LogP contribution < -0.4 is 21.7 Å². The number of nitrogen functional groups attached to an aromatic ring is 1. The summed E-state index contributed by atoms with van der Waals surface area (Å²) in [6, 6.07) is 12.6. The minimum Gasteiger partial charge on any atom is -0.399 e. The Hall–Kier alpha value is -5.22. The Labute approximate surface area is 373 Å². The van der Waals surface area contributed by atoms with Gasteiger partial charge in [-0.2, -0.15) is 0 Å². The van der Waals surface area contributed by atoms with Gasteiger partial charge in [0.05, 0.1) is 42.7 Å². The Kier molecular flexibility index (Phi) is 20.8. The molecule has 0 aromatic heterocycles. The molecule has 1 fully saturated rings. The number of likely N-dealkylation sites (N-methyl/N-ethyl adjacent to an activating group) is 2. The van der Waals surface area contributed by atoms with E-state index in [1.165, 1.54) is 7.11 Å². The van der Waals surface area contributed by atoms with Crippen LogP contribution in [0, 0.1) is 23.7 Å². The van der Waals surface area contributed by atoms with Crippen LogP contribution >= 0.6 is 0 Å². The fourth-order valence-electron chi connectivity index (χ4n) is 8.61. The molecular formula is C46H72N10O7. The van der Waals surface area contributed by atoms with Crippen molar-refractivity contribution in [2.24, 2.45) is 28.8 Å². The largest absolute Gasteiger partial charge is 0.399 e. The van der Waals surface area contributed by atoms with Gasteiger partial charge in [0.2, 0.25) is 29.5 Å². The number of methoxy groups -OCH3 is 1. The fraction of sp³-hybridized carbons (Fsp3) is 0.630. The van der Waals surface area contributed by atoms with E-state index in [4.69, 9.17) is 20.7 Å². The van der Waals surface area contributed by atoms with Crippen LogP contribution in [0.15, 0.2) is 59.7 Å². The Morgan fingerprint density at radius 1 is 0.921 bits per heavy atom. The number of nitrogens with one attached hydrogen (secondary N) is 3. The summed E-state index contributed by atoms with van der Waals surface area (Å²) >= 11 is 0. The number of hydrogen-bond donors (Lipinski definition) is 4. The van der Waals surface area contributed by atoms with Crippen molar-refractivity contribution in [3.8, 4) is 0 Å². The minimum absolute atomic E-state index is 0.0113. The van der Waals surface area contributed by atoms with E-state index in [9.17, 15) is 24.0 Å². The summed E-state index contributed by atoms with van der Waals surface area (Å²) in [6.07, 6.45) is 0.285. The maximum absolute atomic E-state index is 14.5. The first-order chi connectivity index (χ1) is 29.9. The van der Waals surface area contributed by atoms with Crippen LogP contribution in [0.2, 0.25) is 0 Å². The van der Waals surface area contributed by atoms with Gasteiger partial charge in [-0.25, -0.2) is 0 Å². The molecule has 2 aromatic carbocycles. The molecule has 0 unspecified atom stereocenters. The molecule has 3 rings (SSSR count). The van der Waals surface area contributed by atoms with E-state index in [1.807, 2.05) is 90.9 Å². The van der Waals surface area contributed by atoms with E-state index in [0.29, 0.717) is 37.2 Å². The second-order valence-corrected chi connectivity index (χ2v) is 17.6. The molecule has 1 aliphatic rings. The van der Waals surface area contributed by atoms with Gasteiger partial charge in [-0.3, -0.25) is 28.9 Å². The third-order valence-corrected chi connectivity index (χ3v) is 12.2. The number of benzene rings is 2. The maximum atomic E-state index is 14.5. The highest BCUT2D eigenvalue weighted by Gasteiger charge is 2.44. The topological polar surface area (TPSA) is 224 Å². The number of rotatable bonds is 24. The van der Waals surface area contributed by atoms with Gasteiger partial charge in [-0.1, -0.05) is 90.3 Å². The monoisotopic (exact) mass is 877 g/mol. The van der Waals surface area contributed by atoms with Crippen LogP contribution in [-0.4, -0.2) is 128 Å². The number of carbonyl (C=O) groups is 5. The van der Waals surface area contributed by atoms with Gasteiger partial charge in [0, 0.05) is 43.4 Å². The summed E-state index contributed by atoms with van der Waals surface area (Å²) in [4.78, 5) is 78.3. The van der Waals surface area contributed by atoms with Gasteiger partial charge in [0.1, 0.15) is 18.8 Å². The summed E-state index contributed by atoms with van der Waals surface area (Å²) < 4.78 is 12.2. The number of azide groups is 1. The number of likely N-dealkylation sites (tertiary alicyclic amines) is 1. The van der Waals surface area contributed by atoms with Gasteiger partial charge in [0.25, 0.3) is 0 Å². The Morgan fingerprint density at radius 2 is 1.57 bits per heavy atom. The molecule has 0 aliphatic carbocycles. The second kappa shape index (κ2) is 25.2. The number of nitrogens with zero attached hydrogens (tertiary/aromatic N) is 6. The first-order valence-electron chi connectivity index (χ1n) is 22.0. The van der Waals surface area contributed by atoms with Crippen molar-refractivity contribution in [3.05, 3.63) is 70.6 Å². The molecule has 0 bridgehead atoms. The lowest BCUT2D eigenvalue weighted by molar-refractivity contribution is -0.148. The van der Waals surface area contributed by atoms with Crippen molar-refractivity contribution in [3.63, 3.8) is 0 Å². The summed E-state index contributed by atoms with van der Waals surface area (Å²) in [5.41, 5.74) is 16.8.